The Labute approximate surface area is 163 Å². The predicted molar refractivity (Wildman–Crippen MR) is 101 cm³/mol. The van der Waals surface area contributed by atoms with Crippen LogP contribution in [0.3, 0.4) is 0 Å². The highest BCUT2D eigenvalue weighted by molar-refractivity contribution is 6.15. The summed E-state index contributed by atoms with van der Waals surface area (Å²) in [5.41, 5.74) is 1.60. The Morgan fingerprint density at radius 2 is 1.22 bits per heavy atom. The number of phenolic OH excluding ortho intramolecular Hbond substituents is 2. The number of aromatic hydroxyl groups is 2. The molecule has 0 saturated heterocycles. The first kappa shape index (κ1) is 18.9. The third-order valence-corrected chi connectivity index (χ3v) is 4.32. The number of benzene rings is 3. The van der Waals surface area contributed by atoms with Gasteiger partial charge in [0.05, 0.1) is 5.56 Å². The topological polar surface area (TPSA) is 76.0 Å². The molecule has 5 nitrogen and oxygen atoms in total. The van der Waals surface area contributed by atoms with Gasteiger partial charge in [-0.1, -0.05) is 42.5 Å². The highest BCUT2D eigenvalue weighted by Gasteiger charge is 2.48. The lowest BCUT2D eigenvalue weighted by Crippen LogP contribution is -2.29. The number of ether oxygens (including phenoxy) is 1. The van der Waals surface area contributed by atoms with Gasteiger partial charge < -0.3 is 19.1 Å². The molecule has 1 aliphatic rings. The summed E-state index contributed by atoms with van der Waals surface area (Å²) in [5.74, 6) is -0.124. The summed E-state index contributed by atoms with van der Waals surface area (Å²) in [6.07, 6.45) is 0. The average Bonchev–Trinajstić information content (AvgIpc) is 2.98. The summed E-state index contributed by atoms with van der Waals surface area (Å²) in [5, 5.41) is 19.2. The van der Waals surface area contributed by atoms with E-state index in [1.807, 2.05) is 12.1 Å². The van der Waals surface area contributed by atoms with Crippen molar-refractivity contribution in [1.29, 1.82) is 0 Å². The lowest BCUT2D eigenvalue weighted by Gasteiger charge is -2.30. The van der Waals surface area contributed by atoms with Gasteiger partial charge in [-0.2, -0.15) is 0 Å². The van der Waals surface area contributed by atoms with E-state index in [9.17, 15) is 15.0 Å². The number of fused-ring (bicyclic) bond motifs is 1. The van der Waals surface area contributed by atoms with Gasteiger partial charge in [0.1, 0.15) is 11.5 Å². The maximum atomic E-state index is 12.4. The molecule has 0 unspecified atom stereocenters. The van der Waals surface area contributed by atoms with Crippen molar-refractivity contribution in [2.75, 3.05) is 0 Å². The van der Waals surface area contributed by atoms with Crippen molar-refractivity contribution in [2.45, 2.75) is 5.60 Å². The smallest absolute Gasteiger partial charge is 0.340 e. The van der Waals surface area contributed by atoms with Crippen LogP contribution in [0.2, 0.25) is 0 Å². The molecular formula is C20H14O5Si2. The first-order chi connectivity index (χ1) is 13.0. The number of cyclic esters (lactones) is 1. The molecule has 0 fully saturated rings. The monoisotopic (exact) mass is 390 g/mol. The summed E-state index contributed by atoms with van der Waals surface area (Å²) in [6.45, 7) is 0. The van der Waals surface area contributed by atoms with Crippen LogP contribution in [0.4, 0.5) is 0 Å². The molecule has 3 aromatic rings. The molecule has 7 heteroatoms. The molecule has 132 valence electrons. The first-order valence-electron chi connectivity index (χ1n) is 7.94. The fourth-order valence-electron chi connectivity index (χ4n) is 3.20. The van der Waals surface area contributed by atoms with Gasteiger partial charge in [-0.05, 0) is 30.3 Å². The van der Waals surface area contributed by atoms with Gasteiger partial charge in [0.2, 0.25) is 21.0 Å². The summed E-state index contributed by atoms with van der Waals surface area (Å²) < 4.78 is 9.73. The number of carbonyl (C=O) groups excluding carboxylic acids is 1. The number of esters is 1. The Balaban J connectivity index is 0.000000659. The van der Waals surface area contributed by atoms with Crippen LogP contribution in [0, 0.1) is 0 Å². The van der Waals surface area contributed by atoms with E-state index < -0.39 is 11.6 Å². The minimum atomic E-state index is -1.10. The molecule has 0 amide bonds. The minimum Gasteiger partial charge on any atom is -0.508 e. The Morgan fingerprint density at radius 3 is 1.70 bits per heavy atom. The van der Waals surface area contributed by atoms with E-state index in [0.717, 1.165) is 16.7 Å². The molecular weight excluding hydrogens is 376 g/mol. The zero-order valence-electron chi connectivity index (χ0n) is 14.0. The van der Waals surface area contributed by atoms with Gasteiger partial charge in [0.25, 0.3) is 0 Å². The fourth-order valence-corrected chi connectivity index (χ4v) is 3.20. The Bertz CT molecular complexity index is 894. The first-order valence-corrected chi connectivity index (χ1v) is 8.75. The third-order valence-electron chi connectivity index (χ3n) is 4.32. The molecule has 2 N–H and O–H groups in total. The maximum Gasteiger partial charge on any atom is 0.340 e. The van der Waals surface area contributed by atoms with Gasteiger partial charge in [-0.25, -0.2) is 4.79 Å². The molecule has 1 aliphatic heterocycles. The summed E-state index contributed by atoms with van der Waals surface area (Å²) in [4.78, 5) is 12.4. The normalized spacial score (nSPS) is 13.9. The highest BCUT2D eigenvalue weighted by atomic mass is 28.3. The van der Waals surface area contributed by atoms with Crippen molar-refractivity contribution in [3.63, 3.8) is 0 Å². The highest BCUT2D eigenvalue weighted by Crippen LogP contribution is 2.47. The lowest BCUT2D eigenvalue weighted by atomic mass is 9.80. The number of hydrogen-bond acceptors (Lipinski definition) is 5. The van der Waals surface area contributed by atoms with Crippen LogP contribution in [0.1, 0.15) is 27.0 Å². The van der Waals surface area contributed by atoms with Gasteiger partial charge >= 0.3 is 5.97 Å². The molecule has 0 aliphatic carbocycles. The summed E-state index contributed by atoms with van der Waals surface area (Å²) >= 11 is 0. The third kappa shape index (κ3) is 3.40. The van der Waals surface area contributed by atoms with Crippen molar-refractivity contribution >= 4 is 26.9 Å². The van der Waals surface area contributed by atoms with Gasteiger partial charge in [0.15, 0.2) is 5.60 Å². The Hall–Kier alpha value is -2.88. The molecule has 1 heterocycles. The largest absolute Gasteiger partial charge is 0.508 e. The summed E-state index contributed by atoms with van der Waals surface area (Å²) in [7, 11) is 5.19. The van der Waals surface area contributed by atoms with Gasteiger partial charge in [0, 0.05) is 16.7 Å². The molecule has 4 rings (SSSR count). The molecule has 0 aromatic heterocycles. The van der Waals surface area contributed by atoms with Crippen LogP contribution >= 0.6 is 0 Å². The van der Waals surface area contributed by atoms with E-state index in [-0.39, 0.29) is 11.5 Å². The van der Waals surface area contributed by atoms with E-state index in [4.69, 9.17) is 4.74 Å². The summed E-state index contributed by atoms with van der Waals surface area (Å²) in [6, 6.07) is 20.4. The second-order valence-electron chi connectivity index (χ2n) is 5.81. The standard InChI is InChI=1S/C20H14O4.OSi2/c21-15-9-5-13(6-10-15)20(14-7-11-16(22)12-8-14)18-4-2-1-3-17(18)19(23)24-20;2-1-3/h1-12,21-22H;. The van der Waals surface area contributed by atoms with Crippen LogP contribution < -0.4 is 0 Å². The molecule has 3 aromatic carbocycles. The quantitative estimate of drug-likeness (QED) is 0.520. The second kappa shape index (κ2) is 7.79. The van der Waals surface area contributed by atoms with Crippen LogP contribution in [-0.4, -0.2) is 37.2 Å². The van der Waals surface area contributed by atoms with E-state index >= 15 is 0 Å². The molecule has 27 heavy (non-hydrogen) atoms. The van der Waals surface area contributed by atoms with Crippen LogP contribution in [-0.2, 0) is 14.5 Å². The van der Waals surface area contributed by atoms with Crippen molar-refractivity contribution in [2.24, 2.45) is 0 Å². The lowest BCUT2D eigenvalue weighted by molar-refractivity contribution is 0.0251. The molecule has 0 atom stereocenters. The SMILES string of the molecule is O=C1OC(c2ccc(O)cc2)(c2ccc(O)cc2)c2ccccc21.[Si]O[Si]. The van der Waals surface area contributed by atoms with Gasteiger partial charge in [-0.3, -0.25) is 0 Å². The van der Waals surface area contributed by atoms with Crippen molar-refractivity contribution in [1.82, 2.24) is 0 Å². The van der Waals surface area contributed by atoms with Crippen molar-refractivity contribution < 1.29 is 23.9 Å². The zero-order chi connectivity index (χ0) is 19.4. The van der Waals surface area contributed by atoms with Crippen molar-refractivity contribution in [3.05, 3.63) is 95.1 Å². The second-order valence-corrected chi connectivity index (χ2v) is 6.63. The number of rotatable bonds is 2. The number of hydrogen-bond donors (Lipinski definition) is 2. The van der Waals surface area contributed by atoms with Crippen LogP contribution in [0.25, 0.3) is 0 Å². The molecule has 0 saturated carbocycles. The van der Waals surface area contributed by atoms with E-state index in [0.29, 0.717) is 5.56 Å². The Morgan fingerprint density at radius 1 is 0.778 bits per heavy atom. The average molecular weight is 390 g/mol. The van der Waals surface area contributed by atoms with Crippen LogP contribution in [0.5, 0.6) is 11.5 Å². The van der Waals surface area contributed by atoms with Crippen molar-refractivity contribution in [3.8, 4) is 11.5 Å². The van der Waals surface area contributed by atoms with E-state index in [1.165, 1.54) is 0 Å². The number of carbonyl (C=O) groups is 1. The van der Waals surface area contributed by atoms with Crippen LogP contribution in [0.15, 0.2) is 72.8 Å². The van der Waals surface area contributed by atoms with E-state index in [1.54, 1.807) is 60.7 Å². The maximum absolute atomic E-state index is 12.4. The predicted octanol–water partition coefficient (Wildman–Crippen LogP) is 2.73. The molecule has 6 radical (unpaired) electrons. The zero-order valence-corrected chi connectivity index (χ0v) is 16.0. The molecule has 0 bridgehead atoms. The minimum absolute atomic E-state index is 0.136. The van der Waals surface area contributed by atoms with E-state index in [2.05, 4.69) is 25.1 Å². The molecule has 0 spiro atoms. The Kier molecular flexibility index (Phi) is 5.45. The number of phenols is 2. The van der Waals surface area contributed by atoms with Gasteiger partial charge in [-0.15, -0.1) is 0 Å². The fraction of sp³-hybridized carbons (Fsp3) is 0.0500.